The first-order valence-corrected chi connectivity index (χ1v) is 13.8. The van der Waals surface area contributed by atoms with Crippen LogP contribution in [0.15, 0.2) is 22.7 Å². The Morgan fingerprint density at radius 1 is 1.00 bits per heavy atom. The summed E-state index contributed by atoms with van der Waals surface area (Å²) in [6.45, 7) is 2.36. The molecular formula is C22H34BrFSi. The normalized spacial score (nSPS) is 30.4. The van der Waals surface area contributed by atoms with E-state index in [1.807, 2.05) is 6.07 Å². The van der Waals surface area contributed by atoms with E-state index in [4.69, 9.17) is 0 Å². The van der Waals surface area contributed by atoms with Crippen molar-refractivity contribution < 1.29 is 4.39 Å². The molecule has 2 aliphatic rings. The maximum atomic E-state index is 13.8. The van der Waals surface area contributed by atoms with Crippen LogP contribution in [0.4, 0.5) is 4.39 Å². The summed E-state index contributed by atoms with van der Waals surface area (Å²) in [6.07, 6.45) is 12.7. The predicted molar refractivity (Wildman–Crippen MR) is 113 cm³/mol. The molecule has 0 unspecified atom stereocenters. The minimum atomic E-state index is -0.309. The van der Waals surface area contributed by atoms with Gasteiger partial charge in [0.1, 0.15) is 5.82 Å². The molecule has 0 amide bonds. The topological polar surface area (TPSA) is 0 Å². The molecule has 0 atom stereocenters. The van der Waals surface area contributed by atoms with Gasteiger partial charge < -0.3 is 0 Å². The van der Waals surface area contributed by atoms with E-state index in [1.165, 1.54) is 50.5 Å². The average Bonchev–Trinajstić information content (AvgIpc) is 2.64. The largest absolute Gasteiger partial charge is 0.206 e. The van der Waals surface area contributed by atoms with Crippen LogP contribution in [0.3, 0.4) is 0 Å². The maximum absolute atomic E-state index is 13.8. The third kappa shape index (κ3) is 5.66. The van der Waals surface area contributed by atoms with E-state index >= 15 is 0 Å². The molecule has 1 aliphatic carbocycles. The lowest BCUT2D eigenvalue weighted by Gasteiger charge is -2.32. The molecule has 25 heavy (non-hydrogen) atoms. The van der Waals surface area contributed by atoms with Crippen molar-refractivity contribution in [2.45, 2.75) is 88.8 Å². The highest BCUT2D eigenvalue weighted by Gasteiger charge is 2.25. The van der Waals surface area contributed by atoms with E-state index < -0.39 is 0 Å². The van der Waals surface area contributed by atoms with Crippen molar-refractivity contribution in [3.05, 3.63) is 34.1 Å². The summed E-state index contributed by atoms with van der Waals surface area (Å²) < 4.78 is 14.4. The molecular weight excluding hydrogens is 391 g/mol. The van der Waals surface area contributed by atoms with Gasteiger partial charge >= 0.3 is 0 Å². The fraction of sp³-hybridized carbons (Fsp3) is 0.727. The third-order valence-electron chi connectivity index (χ3n) is 6.91. The second-order valence-electron chi connectivity index (χ2n) is 8.64. The van der Waals surface area contributed by atoms with Crippen LogP contribution in [-0.2, 0) is 0 Å². The second kappa shape index (κ2) is 9.69. The number of halogens is 2. The van der Waals surface area contributed by atoms with Gasteiger partial charge in [-0.3, -0.25) is 0 Å². The number of hydrogen-bond donors (Lipinski definition) is 0. The summed E-state index contributed by atoms with van der Waals surface area (Å²) in [5.74, 6) is 2.44. The molecule has 1 aromatic rings. The molecule has 140 valence electrons. The summed E-state index contributed by atoms with van der Waals surface area (Å²) >= 11 is 3.26. The molecule has 0 aromatic heterocycles. The van der Waals surface area contributed by atoms with Gasteiger partial charge in [-0.05, 0) is 77.1 Å². The van der Waals surface area contributed by atoms with Gasteiger partial charge in [0.15, 0.2) is 0 Å². The Balaban J connectivity index is 1.37. The van der Waals surface area contributed by atoms with Gasteiger partial charge in [-0.25, -0.2) is 4.39 Å². The Labute approximate surface area is 163 Å². The van der Waals surface area contributed by atoms with Gasteiger partial charge in [-0.15, -0.1) is 0 Å². The van der Waals surface area contributed by atoms with Crippen molar-refractivity contribution >= 4 is 24.7 Å². The lowest BCUT2D eigenvalue weighted by Crippen LogP contribution is -2.22. The highest BCUT2D eigenvalue weighted by molar-refractivity contribution is 9.10. The zero-order valence-electron chi connectivity index (χ0n) is 15.8. The molecule has 0 N–H and O–H groups in total. The Morgan fingerprint density at radius 3 is 2.24 bits per heavy atom. The first-order valence-electron chi connectivity index (χ1n) is 10.6. The average molecular weight is 426 g/mol. The quantitative estimate of drug-likeness (QED) is 0.410. The van der Waals surface area contributed by atoms with Crippen molar-refractivity contribution in [2.75, 3.05) is 0 Å². The van der Waals surface area contributed by atoms with Gasteiger partial charge in [0.05, 0.1) is 4.47 Å². The van der Waals surface area contributed by atoms with E-state index in [1.54, 1.807) is 37.0 Å². The lowest BCUT2D eigenvalue weighted by molar-refractivity contribution is 0.280. The first-order chi connectivity index (χ1) is 12.2. The molecule has 1 saturated carbocycles. The van der Waals surface area contributed by atoms with Crippen LogP contribution < -0.4 is 0 Å². The minimum absolute atomic E-state index is 0.109. The standard InChI is InChI=1S/C22H34BrFSi/c1-2-13-25-14-11-18(12-15-25)4-3-17-5-7-19(8-6-17)20-9-10-21(23)22(24)16-20/h9-10,16-19,25H,2-8,11-15H2,1H3/t17?,18-,19?,25-. The first kappa shape index (κ1) is 19.6. The van der Waals surface area contributed by atoms with Gasteiger partial charge in [0.2, 0.25) is 0 Å². The zero-order chi connectivity index (χ0) is 17.6. The molecule has 2 fully saturated rings. The van der Waals surface area contributed by atoms with E-state index in [-0.39, 0.29) is 14.6 Å². The molecule has 1 aliphatic heterocycles. The SMILES string of the molecule is CCC[Si@H]1CC[C@H](CCC2CCC(c3ccc(Br)c(F)c3)CC2)CC1. The van der Waals surface area contributed by atoms with Crippen LogP contribution in [0, 0.1) is 17.7 Å². The van der Waals surface area contributed by atoms with Crippen molar-refractivity contribution in [1.82, 2.24) is 0 Å². The Kier molecular flexibility index (Phi) is 7.60. The summed E-state index contributed by atoms with van der Waals surface area (Å²) in [7, 11) is -0.309. The summed E-state index contributed by atoms with van der Waals surface area (Å²) in [6, 6.07) is 10.6. The van der Waals surface area contributed by atoms with Crippen molar-refractivity contribution in [3.8, 4) is 0 Å². The fourth-order valence-corrected chi connectivity index (χ4v) is 9.05. The Bertz CT molecular complexity index is 531. The molecule has 0 bridgehead atoms. The van der Waals surface area contributed by atoms with Crippen LogP contribution >= 0.6 is 15.9 Å². The van der Waals surface area contributed by atoms with E-state index in [0.29, 0.717) is 10.4 Å². The zero-order valence-corrected chi connectivity index (χ0v) is 18.5. The van der Waals surface area contributed by atoms with Crippen LogP contribution in [0.1, 0.15) is 76.2 Å². The van der Waals surface area contributed by atoms with Crippen molar-refractivity contribution in [2.24, 2.45) is 11.8 Å². The van der Waals surface area contributed by atoms with E-state index in [9.17, 15) is 4.39 Å². The number of hydrogen-bond acceptors (Lipinski definition) is 0. The minimum Gasteiger partial charge on any atom is -0.206 e. The van der Waals surface area contributed by atoms with E-state index in [0.717, 1.165) is 11.8 Å². The molecule has 3 rings (SSSR count). The van der Waals surface area contributed by atoms with Gasteiger partial charge in [-0.1, -0.05) is 63.2 Å². The van der Waals surface area contributed by atoms with Gasteiger partial charge in [0, 0.05) is 8.80 Å². The third-order valence-corrected chi connectivity index (χ3v) is 11.2. The maximum Gasteiger partial charge on any atom is 0.137 e. The van der Waals surface area contributed by atoms with E-state index in [2.05, 4.69) is 28.9 Å². The van der Waals surface area contributed by atoms with Crippen LogP contribution in [0.25, 0.3) is 0 Å². The van der Waals surface area contributed by atoms with Crippen LogP contribution in [0.2, 0.25) is 18.1 Å². The van der Waals surface area contributed by atoms with Crippen LogP contribution in [0.5, 0.6) is 0 Å². The number of benzene rings is 1. The summed E-state index contributed by atoms with van der Waals surface area (Å²) in [4.78, 5) is 0. The smallest absolute Gasteiger partial charge is 0.137 e. The van der Waals surface area contributed by atoms with Crippen molar-refractivity contribution in [3.63, 3.8) is 0 Å². The van der Waals surface area contributed by atoms with Crippen molar-refractivity contribution in [1.29, 1.82) is 0 Å². The predicted octanol–water partition coefficient (Wildman–Crippen LogP) is 7.69. The van der Waals surface area contributed by atoms with Gasteiger partial charge in [0.25, 0.3) is 0 Å². The highest BCUT2D eigenvalue weighted by Crippen LogP contribution is 2.40. The van der Waals surface area contributed by atoms with Crippen LogP contribution in [-0.4, -0.2) is 8.80 Å². The summed E-state index contributed by atoms with van der Waals surface area (Å²) in [5.41, 5.74) is 1.21. The molecule has 1 aromatic carbocycles. The molecule has 0 radical (unpaired) electrons. The molecule has 3 heteroatoms. The monoisotopic (exact) mass is 424 g/mol. The summed E-state index contributed by atoms with van der Waals surface area (Å²) in [5, 5.41) is 0. The Hall–Kier alpha value is -0.153. The second-order valence-corrected chi connectivity index (χ2v) is 13.0. The lowest BCUT2D eigenvalue weighted by atomic mass is 9.76. The molecule has 1 saturated heterocycles. The highest BCUT2D eigenvalue weighted by atomic mass is 79.9. The number of rotatable bonds is 6. The molecule has 0 spiro atoms. The fourth-order valence-electron chi connectivity index (χ4n) is 5.24. The molecule has 1 heterocycles. The Morgan fingerprint density at radius 2 is 1.64 bits per heavy atom. The van der Waals surface area contributed by atoms with Gasteiger partial charge in [-0.2, -0.15) is 0 Å². The molecule has 0 nitrogen and oxygen atoms in total.